The molecule has 0 atom stereocenters. The van der Waals surface area contributed by atoms with E-state index in [2.05, 4.69) is 10.6 Å². The van der Waals surface area contributed by atoms with Crippen molar-refractivity contribution < 1.29 is 9.72 Å². The third kappa shape index (κ3) is 3.94. The predicted molar refractivity (Wildman–Crippen MR) is 72.8 cm³/mol. The molecule has 0 unspecified atom stereocenters. The molecule has 0 saturated heterocycles. The molecule has 1 amide bonds. The number of thiocarbonyl (C=S) groups is 1. The zero-order valence-electron chi connectivity index (χ0n) is 9.40. The molecule has 8 heteroatoms. The summed E-state index contributed by atoms with van der Waals surface area (Å²) in [6, 6.07) is 4.11. The summed E-state index contributed by atoms with van der Waals surface area (Å²) in [5.41, 5.74) is -0.0404. The van der Waals surface area contributed by atoms with Crippen LogP contribution in [0.2, 0.25) is 5.02 Å². The summed E-state index contributed by atoms with van der Waals surface area (Å²) in [5.74, 6) is -0.274. The first-order chi connectivity index (χ1) is 8.43. The summed E-state index contributed by atoms with van der Waals surface area (Å²) in [4.78, 5) is 21.3. The number of carbonyl (C=O) groups is 1. The minimum atomic E-state index is -0.585. The monoisotopic (exact) mass is 287 g/mol. The van der Waals surface area contributed by atoms with Crippen molar-refractivity contribution in [2.24, 2.45) is 0 Å². The first-order valence-corrected chi connectivity index (χ1v) is 5.77. The van der Waals surface area contributed by atoms with Crippen molar-refractivity contribution in [2.45, 2.75) is 13.3 Å². The third-order valence-corrected chi connectivity index (χ3v) is 2.42. The standard InChI is InChI=1S/C10H10ClN3O3S/c1-2-9(15)13-10(18)12-7-4-3-6(11)5-8(7)14(16)17/h3-5H,2H2,1H3,(H2,12,13,15,18). The van der Waals surface area contributed by atoms with Gasteiger partial charge in [-0.05, 0) is 24.4 Å². The largest absolute Gasteiger partial charge is 0.327 e. The van der Waals surface area contributed by atoms with E-state index in [1.807, 2.05) is 0 Å². The molecule has 1 aromatic rings. The van der Waals surface area contributed by atoms with E-state index in [-0.39, 0.29) is 33.8 Å². The third-order valence-electron chi connectivity index (χ3n) is 1.98. The number of benzene rings is 1. The molecular weight excluding hydrogens is 278 g/mol. The van der Waals surface area contributed by atoms with Gasteiger partial charge < -0.3 is 10.6 Å². The Morgan fingerprint density at radius 3 is 2.78 bits per heavy atom. The van der Waals surface area contributed by atoms with Gasteiger partial charge in [-0.3, -0.25) is 14.9 Å². The SMILES string of the molecule is CCC(=O)NC(=S)Nc1ccc(Cl)cc1[N+](=O)[O-]. The van der Waals surface area contributed by atoms with Crippen LogP contribution in [0.25, 0.3) is 0 Å². The quantitative estimate of drug-likeness (QED) is 0.507. The van der Waals surface area contributed by atoms with Crippen LogP contribution in [0.4, 0.5) is 11.4 Å². The molecule has 0 bridgehead atoms. The molecular formula is C10H10ClN3O3S. The van der Waals surface area contributed by atoms with E-state index >= 15 is 0 Å². The molecule has 0 fully saturated rings. The van der Waals surface area contributed by atoms with Gasteiger partial charge in [0, 0.05) is 17.5 Å². The fraction of sp³-hybridized carbons (Fsp3) is 0.200. The van der Waals surface area contributed by atoms with Crippen LogP contribution in [0.3, 0.4) is 0 Å². The topological polar surface area (TPSA) is 84.3 Å². The molecule has 0 spiro atoms. The number of hydrogen-bond acceptors (Lipinski definition) is 4. The predicted octanol–water partition coefficient (Wildman–Crippen LogP) is 2.47. The Morgan fingerprint density at radius 1 is 1.56 bits per heavy atom. The number of hydrogen-bond donors (Lipinski definition) is 2. The molecule has 96 valence electrons. The Balaban J connectivity index is 2.87. The van der Waals surface area contributed by atoms with Gasteiger partial charge in [0.15, 0.2) is 5.11 Å². The van der Waals surface area contributed by atoms with Crippen LogP contribution in [0.5, 0.6) is 0 Å². The van der Waals surface area contributed by atoms with E-state index in [1.54, 1.807) is 6.92 Å². The van der Waals surface area contributed by atoms with Crippen LogP contribution >= 0.6 is 23.8 Å². The van der Waals surface area contributed by atoms with Crippen LogP contribution in [0.15, 0.2) is 18.2 Å². The smallest absolute Gasteiger partial charge is 0.294 e. The maximum atomic E-state index is 11.1. The lowest BCUT2D eigenvalue weighted by molar-refractivity contribution is -0.383. The second kappa shape index (κ2) is 6.27. The summed E-state index contributed by atoms with van der Waals surface area (Å²) in [6.07, 6.45) is 0.268. The van der Waals surface area contributed by atoms with Crippen LogP contribution in [-0.4, -0.2) is 15.9 Å². The Labute approximate surface area is 113 Å². The lowest BCUT2D eigenvalue weighted by Gasteiger charge is -2.09. The summed E-state index contributed by atoms with van der Waals surface area (Å²) < 4.78 is 0. The second-order valence-electron chi connectivity index (χ2n) is 3.27. The van der Waals surface area contributed by atoms with Gasteiger partial charge in [-0.25, -0.2) is 0 Å². The van der Waals surface area contributed by atoms with Gasteiger partial charge in [0.2, 0.25) is 5.91 Å². The molecule has 18 heavy (non-hydrogen) atoms. The Bertz CT molecular complexity index is 507. The van der Waals surface area contributed by atoms with Crippen LogP contribution in [0, 0.1) is 10.1 Å². The van der Waals surface area contributed by atoms with Crippen molar-refractivity contribution in [2.75, 3.05) is 5.32 Å². The van der Waals surface area contributed by atoms with Crippen LogP contribution in [-0.2, 0) is 4.79 Å². The van der Waals surface area contributed by atoms with Gasteiger partial charge in [0.25, 0.3) is 5.69 Å². The zero-order valence-corrected chi connectivity index (χ0v) is 11.0. The lowest BCUT2D eigenvalue weighted by Crippen LogP contribution is -2.33. The van der Waals surface area contributed by atoms with Crippen LogP contribution < -0.4 is 10.6 Å². The van der Waals surface area contributed by atoms with E-state index < -0.39 is 4.92 Å². The number of rotatable bonds is 3. The number of amides is 1. The van der Waals surface area contributed by atoms with Gasteiger partial charge in [0.1, 0.15) is 5.69 Å². The zero-order chi connectivity index (χ0) is 13.7. The highest BCUT2D eigenvalue weighted by Gasteiger charge is 2.15. The fourth-order valence-electron chi connectivity index (χ4n) is 1.13. The number of nitro benzene ring substituents is 1. The molecule has 2 N–H and O–H groups in total. The normalized spacial score (nSPS) is 9.67. The molecule has 0 aliphatic carbocycles. The number of halogens is 1. The maximum Gasteiger partial charge on any atom is 0.294 e. The van der Waals surface area contributed by atoms with Crippen molar-refractivity contribution >= 4 is 46.2 Å². The van der Waals surface area contributed by atoms with Gasteiger partial charge in [-0.1, -0.05) is 18.5 Å². The highest BCUT2D eigenvalue weighted by molar-refractivity contribution is 7.80. The van der Waals surface area contributed by atoms with E-state index in [1.165, 1.54) is 18.2 Å². The summed E-state index contributed by atoms with van der Waals surface area (Å²) in [6.45, 7) is 1.67. The van der Waals surface area contributed by atoms with Gasteiger partial charge in [-0.15, -0.1) is 0 Å². The Hall–Kier alpha value is -1.73. The van der Waals surface area contributed by atoms with Gasteiger partial charge in [0.05, 0.1) is 4.92 Å². The maximum absolute atomic E-state index is 11.1. The second-order valence-corrected chi connectivity index (χ2v) is 4.12. The van der Waals surface area contributed by atoms with E-state index in [0.29, 0.717) is 0 Å². The van der Waals surface area contributed by atoms with Crippen molar-refractivity contribution in [3.8, 4) is 0 Å². The number of nitro groups is 1. The van der Waals surface area contributed by atoms with Crippen molar-refractivity contribution in [3.05, 3.63) is 33.3 Å². The minimum absolute atomic E-state index is 0.00673. The first kappa shape index (κ1) is 14.3. The summed E-state index contributed by atoms with van der Waals surface area (Å²) in [7, 11) is 0. The highest BCUT2D eigenvalue weighted by Crippen LogP contribution is 2.27. The summed E-state index contributed by atoms with van der Waals surface area (Å²) in [5, 5.41) is 16.0. The van der Waals surface area contributed by atoms with E-state index in [0.717, 1.165) is 0 Å². The molecule has 1 aromatic carbocycles. The van der Waals surface area contributed by atoms with E-state index in [4.69, 9.17) is 23.8 Å². The first-order valence-electron chi connectivity index (χ1n) is 4.98. The lowest BCUT2D eigenvalue weighted by atomic mass is 10.2. The van der Waals surface area contributed by atoms with Gasteiger partial charge >= 0.3 is 0 Å². The van der Waals surface area contributed by atoms with Gasteiger partial charge in [-0.2, -0.15) is 0 Å². The molecule has 0 aromatic heterocycles. The van der Waals surface area contributed by atoms with Crippen molar-refractivity contribution in [1.82, 2.24) is 5.32 Å². The Morgan fingerprint density at radius 2 is 2.22 bits per heavy atom. The molecule has 0 saturated carbocycles. The summed E-state index contributed by atoms with van der Waals surface area (Å²) >= 11 is 10.5. The van der Waals surface area contributed by atoms with Crippen LogP contribution in [0.1, 0.15) is 13.3 Å². The van der Waals surface area contributed by atoms with Crippen molar-refractivity contribution in [3.63, 3.8) is 0 Å². The number of nitrogens with zero attached hydrogens (tertiary/aromatic N) is 1. The molecule has 0 radical (unpaired) electrons. The molecule has 6 nitrogen and oxygen atoms in total. The molecule has 0 aliphatic heterocycles. The highest BCUT2D eigenvalue weighted by atomic mass is 35.5. The average Bonchev–Trinajstić information content (AvgIpc) is 2.30. The number of anilines is 1. The van der Waals surface area contributed by atoms with E-state index in [9.17, 15) is 14.9 Å². The Kier molecular flexibility index (Phi) is 4.99. The molecule has 0 aliphatic rings. The fourth-order valence-corrected chi connectivity index (χ4v) is 1.52. The van der Waals surface area contributed by atoms with Crippen molar-refractivity contribution in [1.29, 1.82) is 0 Å². The average molecular weight is 288 g/mol. The minimum Gasteiger partial charge on any atom is -0.327 e. The number of nitrogens with one attached hydrogen (secondary N) is 2. The molecule has 1 rings (SSSR count). The number of carbonyl (C=O) groups excluding carboxylic acids is 1. The molecule has 0 heterocycles.